The van der Waals surface area contributed by atoms with Gasteiger partial charge in [-0.1, -0.05) is 12.1 Å². The lowest BCUT2D eigenvalue weighted by molar-refractivity contribution is -0.0465. The van der Waals surface area contributed by atoms with E-state index in [1.807, 2.05) is 49.3 Å². The third-order valence-electron chi connectivity index (χ3n) is 5.72. The number of rotatable bonds is 9. The topological polar surface area (TPSA) is 110 Å². The Kier molecular flexibility index (Phi) is 9.25. The van der Waals surface area contributed by atoms with E-state index in [4.69, 9.17) is 14.5 Å². The molecule has 1 aliphatic rings. The first-order chi connectivity index (χ1) is 16.3. The number of fused-ring (bicyclic) bond motifs is 1. The molecule has 2 aromatic heterocycles. The fourth-order valence-electron chi connectivity index (χ4n) is 3.73. The van der Waals surface area contributed by atoms with Gasteiger partial charge in [0.1, 0.15) is 12.7 Å². The molecule has 35 heavy (non-hydrogen) atoms. The van der Waals surface area contributed by atoms with Gasteiger partial charge in [-0.3, -0.25) is 9.88 Å². The predicted molar refractivity (Wildman–Crippen MR) is 142 cm³/mol. The van der Waals surface area contributed by atoms with Crippen LogP contribution in [0, 0.1) is 0 Å². The molecule has 0 amide bonds. The molecule has 3 heterocycles. The molecule has 1 aromatic carbocycles. The highest BCUT2D eigenvalue weighted by Crippen LogP contribution is 2.28. The number of anilines is 1. The minimum absolute atomic E-state index is 0. The van der Waals surface area contributed by atoms with Gasteiger partial charge in [0, 0.05) is 57.4 Å². The third kappa shape index (κ3) is 7.01. The molecular formula is C23H32N6O4S2. The van der Waals surface area contributed by atoms with E-state index in [9.17, 15) is 8.42 Å². The molecule has 190 valence electrons. The van der Waals surface area contributed by atoms with Gasteiger partial charge < -0.3 is 14.4 Å². The van der Waals surface area contributed by atoms with Crippen molar-refractivity contribution in [2.45, 2.75) is 6.10 Å². The molecule has 12 heteroatoms. The van der Waals surface area contributed by atoms with Crippen LogP contribution in [0.2, 0.25) is 0 Å². The summed E-state index contributed by atoms with van der Waals surface area (Å²) in [5.74, 6) is 0.448. The van der Waals surface area contributed by atoms with Crippen LogP contribution in [-0.2, 0) is 14.8 Å². The van der Waals surface area contributed by atoms with E-state index in [0.717, 1.165) is 16.9 Å². The summed E-state index contributed by atoms with van der Waals surface area (Å²) in [6, 6.07) is 10.0. The van der Waals surface area contributed by atoms with Gasteiger partial charge in [-0.2, -0.15) is 13.5 Å². The van der Waals surface area contributed by atoms with Gasteiger partial charge in [0.15, 0.2) is 5.52 Å². The summed E-state index contributed by atoms with van der Waals surface area (Å²) in [7, 11) is 2.18. The first kappa shape index (κ1) is 27.1. The van der Waals surface area contributed by atoms with E-state index in [1.54, 1.807) is 12.4 Å². The highest BCUT2D eigenvalue weighted by Gasteiger charge is 2.23. The predicted octanol–water partition coefficient (Wildman–Crippen LogP) is 1.50. The van der Waals surface area contributed by atoms with E-state index >= 15 is 0 Å². The zero-order chi connectivity index (χ0) is 24.1. The Bertz CT molecular complexity index is 1220. The summed E-state index contributed by atoms with van der Waals surface area (Å²) in [5, 5.41) is 0. The number of morpholine rings is 1. The molecule has 3 aromatic rings. The van der Waals surface area contributed by atoms with Crippen molar-refractivity contribution in [1.82, 2.24) is 24.6 Å². The number of sulfonamides is 1. The fourth-order valence-corrected chi connectivity index (χ4v) is 4.43. The van der Waals surface area contributed by atoms with Gasteiger partial charge in [-0.15, -0.1) is 0 Å². The summed E-state index contributed by atoms with van der Waals surface area (Å²) >= 11 is 0. The maximum atomic E-state index is 11.7. The van der Waals surface area contributed by atoms with Crippen LogP contribution in [0.15, 0.2) is 42.7 Å². The molecule has 1 fully saturated rings. The van der Waals surface area contributed by atoms with E-state index in [1.165, 1.54) is 7.05 Å². The fraction of sp³-hybridized carbons (Fsp3) is 0.435. The molecule has 0 spiro atoms. The van der Waals surface area contributed by atoms with E-state index in [0.29, 0.717) is 43.2 Å². The smallest absolute Gasteiger partial charge is 0.242 e. The van der Waals surface area contributed by atoms with Crippen molar-refractivity contribution in [3.63, 3.8) is 0 Å². The molecule has 0 radical (unpaired) electrons. The van der Waals surface area contributed by atoms with Crippen LogP contribution in [-0.4, -0.2) is 94.1 Å². The second kappa shape index (κ2) is 12.0. The Morgan fingerprint density at radius 1 is 1.20 bits per heavy atom. The molecular weight excluding hydrogens is 488 g/mol. The summed E-state index contributed by atoms with van der Waals surface area (Å²) in [6.07, 6.45) is 3.05. The maximum Gasteiger partial charge on any atom is 0.242 e. The van der Waals surface area contributed by atoms with Crippen LogP contribution >= 0.6 is 13.5 Å². The summed E-state index contributed by atoms with van der Waals surface area (Å²) in [4.78, 5) is 17.7. The van der Waals surface area contributed by atoms with E-state index < -0.39 is 10.0 Å². The van der Waals surface area contributed by atoms with Crippen LogP contribution in [0.25, 0.3) is 22.3 Å². The largest absolute Gasteiger partial charge is 0.473 e. The van der Waals surface area contributed by atoms with E-state index in [-0.39, 0.29) is 32.0 Å². The van der Waals surface area contributed by atoms with Crippen LogP contribution in [0.5, 0.6) is 5.88 Å². The zero-order valence-corrected chi connectivity index (χ0v) is 22.0. The average Bonchev–Trinajstić information content (AvgIpc) is 2.86. The Morgan fingerprint density at radius 2 is 1.94 bits per heavy atom. The molecule has 0 unspecified atom stereocenters. The summed E-state index contributed by atoms with van der Waals surface area (Å²) in [5.41, 5.74) is 4.08. The number of nitrogens with zero attached hydrogens (tertiary/aromatic N) is 5. The normalized spacial score (nSPS) is 16.6. The molecule has 0 aliphatic carbocycles. The monoisotopic (exact) mass is 520 g/mol. The number of benzene rings is 1. The molecule has 1 N–H and O–H groups in total. The highest BCUT2D eigenvalue weighted by molar-refractivity contribution is 7.89. The molecule has 10 nitrogen and oxygen atoms in total. The van der Waals surface area contributed by atoms with Crippen molar-refractivity contribution in [2.24, 2.45) is 0 Å². The van der Waals surface area contributed by atoms with Crippen LogP contribution in [0.1, 0.15) is 0 Å². The van der Waals surface area contributed by atoms with Gasteiger partial charge in [0.05, 0.1) is 23.6 Å². The Balaban J connectivity index is 0.00000342. The first-order valence-corrected chi connectivity index (χ1v) is 12.8. The van der Waals surface area contributed by atoms with Crippen molar-refractivity contribution >= 4 is 40.2 Å². The maximum absolute atomic E-state index is 11.7. The highest BCUT2D eigenvalue weighted by atomic mass is 32.2. The molecule has 1 atom stereocenters. The summed E-state index contributed by atoms with van der Waals surface area (Å²) < 4.78 is 37.8. The molecule has 4 rings (SSSR count). The minimum atomic E-state index is -3.25. The molecule has 0 bridgehead atoms. The lowest BCUT2D eigenvalue weighted by Crippen LogP contribution is -2.47. The standard InChI is InChI=1S/C23H30N6O4S.H2S/c1-24-34(30,31)13-11-29-10-12-32-19(15-29)16-33-23-22-21(25-8-9-26-22)14-20(27-23)17-4-6-18(7-5-17)28(2)3;/h4-9,14,19,24H,10-13,15-16H2,1-3H3;1H2/t19-;/m0./s1. The van der Waals surface area contributed by atoms with Gasteiger partial charge in [0.25, 0.3) is 0 Å². The van der Waals surface area contributed by atoms with Crippen LogP contribution in [0.3, 0.4) is 0 Å². The van der Waals surface area contributed by atoms with Gasteiger partial charge >= 0.3 is 0 Å². The average molecular weight is 521 g/mol. The Hall–Kier alpha value is -2.51. The number of pyridine rings is 1. The quantitative estimate of drug-likeness (QED) is 0.449. The number of nitrogens with one attached hydrogen (secondary N) is 1. The van der Waals surface area contributed by atoms with Crippen LogP contribution in [0.4, 0.5) is 5.69 Å². The third-order valence-corrected chi connectivity index (χ3v) is 7.06. The SMILES string of the molecule is CNS(=O)(=O)CCN1CCO[C@H](COc2nc(-c3ccc(N(C)C)cc3)cc3nccnc23)C1.S. The van der Waals surface area contributed by atoms with Crippen molar-refractivity contribution < 1.29 is 17.9 Å². The number of ether oxygens (including phenoxy) is 2. The summed E-state index contributed by atoms with van der Waals surface area (Å²) in [6.45, 7) is 2.49. The first-order valence-electron chi connectivity index (χ1n) is 11.1. The molecule has 1 aliphatic heterocycles. The molecule has 1 saturated heterocycles. The van der Waals surface area contributed by atoms with Crippen molar-refractivity contribution in [1.29, 1.82) is 0 Å². The van der Waals surface area contributed by atoms with Crippen LogP contribution < -0.4 is 14.4 Å². The number of hydrogen-bond acceptors (Lipinski definition) is 9. The minimum Gasteiger partial charge on any atom is -0.473 e. The lowest BCUT2D eigenvalue weighted by Gasteiger charge is -2.32. The van der Waals surface area contributed by atoms with Gasteiger partial charge in [-0.25, -0.2) is 23.1 Å². The zero-order valence-electron chi connectivity index (χ0n) is 20.1. The second-order valence-electron chi connectivity index (χ2n) is 8.31. The van der Waals surface area contributed by atoms with Gasteiger partial charge in [0.2, 0.25) is 15.9 Å². The Morgan fingerprint density at radius 3 is 2.66 bits per heavy atom. The number of hydrogen-bond donors (Lipinski definition) is 1. The number of aromatic nitrogens is 3. The van der Waals surface area contributed by atoms with Crippen molar-refractivity contribution in [2.75, 3.05) is 64.6 Å². The van der Waals surface area contributed by atoms with Gasteiger partial charge in [-0.05, 0) is 25.2 Å². The lowest BCUT2D eigenvalue weighted by atomic mass is 10.1. The molecule has 0 saturated carbocycles. The Labute approximate surface area is 213 Å². The van der Waals surface area contributed by atoms with Crippen molar-refractivity contribution in [3.8, 4) is 17.1 Å². The second-order valence-corrected chi connectivity index (χ2v) is 10.4. The van der Waals surface area contributed by atoms with E-state index in [2.05, 4.69) is 19.6 Å². The van der Waals surface area contributed by atoms with Crippen molar-refractivity contribution in [3.05, 3.63) is 42.7 Å².